The molecule has 1 aliphatic heterocycles. The lowest BCUT2D eigenvalue weighted by Gasteiger charge is -2.36. The molecule has 1 atom stereocenters. The Balaban J connectivity index is 1.58. The number of carbonyl (C=O) groups excluding carboxylic acids is 1. The Bertz CT molecular complexity index is 732. The van der Waals surface area contributed by atoms with E-state index in [4.69, 9.17) is 0 Å². The van der Waals surface area contributed by atoms with E-state index in [1.165, 1.54) is 10.6 Å². The van der Waals surface area contributed by atoms with Gasteiger partial charge in [0.15, 0.2) is 6.04 Å². The third kappa shape index (κ3) is 3.69. The number of rotatable bonds is 4. The first-order chi connectivity index (χ1) is 12.0. The van der Waals surface area contributed by atoms with Crippen LogP contribution in [0.5, 0.6) is 0 Å². The Morgan fingerprint density at radius 1 is 1.20 bits per heavy atom. The largest absolute Gasteiger partial charge is 0.360 e. The van der Waals surface area contributed by atoms with Crippen molar-refractivity contribution >= 4 is 17.3 Å². The molecule has 134 valence electrons. The van der Waals surface area contributed by atoms with E-state index in [2.05, 4.69) is 39.6 Å². The Labute approximate surface area is 149 Å². The fourth-order valence-electron chi connectivity index (χ4n) is 3.50. The van der Waals surface area contributed by atoms with Gasteiger partial charge in [0.2, 0.25) is 0 Å². The van der Waals surface area contributed by atoms with Crippen molar-refractivity contribution in [1.82, 2.24) is 9.78 Å². The van der Waals surface area contributed by atoms with Crippen molar-refractivity contribution in [1.29, 1.82) is 0 Å². The van der Waals surface area contributed by atoms with Crippen LogP contribution in [-0.2, 0) is 11.8 Å². The number of quaternary nitrogens is 1. The molecule has 1 saturated heterocycles. The molecule has 1 aliphatic rings. The molecule has 1 aromatic carbocycles. The maximum absolute atomic E-state index is 12.7. The Morgan fingerprint density at radius 2 is 1.84 bits per heavy atom. The van der Waals surface area contributed by atoms with Crippen LogP contribution in [0, 0.1) is 13.8 Å². The van der Waals surface area contributed by atoms with E-state index in [1.54, 1.807) is 4.68 Å². The molecule has 0 unspecified atom stereocenters. The molecule has 0 spiro atoms. The van der Waals surface area contributed by atoms with E-state index < -0.39 is 0 Å². The fraction of sp³-hybridized carbons (Fsp3) is 0.474. The second-order valence-corrected chi connectivity index (χ2v) is 6.86. The number of aromatic nitrogens is 2. The van der Waals surface area contributed by atoms with E-state index in [-0.39, 0.29) is 11.9 Å². The second-order valence-electron chi connectivity index (χ2n) is 6.86. The highest BCUT2D eigenvalue weighted by Crippen LogP contribution is 2.18. The molecule has 0 radical (unpaired) electrons. The van der Waals surface area contributed by atoms with Gasteiger partial charge in [-0.15, -0.1) is 0 Å². The summed E-state index contributed by atoms with van der Waals surface area (Å²) >= 11 is 0. The maximum Gasteiger partial charge on any atom is 0.282 e. The minimum Gasteiger partial charge on any atom is -0.360 e. The van der Waals surface area contributed by atoms with Crippen LogP contribution in [0.4, 0.5) is 11.4 Å². The predicted octanol–water partition coefficient (Wildman–Crippen LogP) is 0.769. The van der Waals surface area contributed by atoms with Crippen LogP contribution < -0.4 is 15.1 Å². The van der Waals surface area contributed by atoms with Gasteiger partial charge in [0, 0.05) is 12.7 Å². The van der Waals surface area contributed by atoms with E-state index in [0.717, 1.165) is 43.3 Å². The van der Waals surface area contributed by atoms with Crippen molar-refractivity contribution in [2.24, 2.45) is 7.05 Å². The van der Waals surface area contributed by atoms with Crippen molar-refractivity contribution in [3.63, 3.8) is 0 Å². The molecule has 0 bridgehead atoms. The molecule has 1 amide bonds. The van der Waals surface area contributed by atoms with E-state index in [9.17, 15) is 4.79 Å². The molecule has 0 saturated carbocycles. The first-order valence-electron chi connectivity index (χ1n) is 8.93. The molecule has 2 heterocycles. The summed E-state index contributed by atoms with van der Waals surface area (Å²) in [5.41, 5.74) is 3.97. The molecule has 6 heteroatoms. The van der Waals surface area contributed by atoms with E-state index in [0.29, 0.717) is 0 Å². The molecule has 2 aromatic rings. The van der Waals surface area contributed by atoms with Crippen LogP contribution in [-0.4, -0.2) is 47.9 Å². The first kappa shape index (κ1) is 17.5. The molecule has 0 aliphatic carbocycles. The number of hydrogen-bond acceptors (Lipinski definition) is 3. The standard InChI is InChI=1S/C19H27N5O/c1-14-18(15(2)22(4)21-14)20-19(25)16(3)23-10-12-24(13-11-23)17-8-6-5-7-9-17/h5-9,16H,10-13H2,1-4H3,(H,20,25)/p+1/t16-/m1/s1. The predicted molar refractivity (Wildman–Crippen MR) is 100 cm³/mol. The number of hydrogen-bond donors (Lipinski definition) is 2. The summed E-state index contributed by atoms with van der Waals surface area (Å²) in [4.78, 5) is 16.4. The first-order valence-corrected chi connectivity index (χ1v) is 8.93. The van der Waals surface area contributed by atoms with Gasteiger partial charge in [-0.2, -0.15) is 5.10 Å². The Hall–Kier alpha value is -2.34. The van der Waals surface area contributed by atoms with Crippen molar-refractivity contribution in [3.05, 3.63) is 41.7 Å². The van der Waals surface area contributed by atoms with Gasteiger partial charge in [0.25, 0.3) is 5.91 Å². The fourth-order valence-corrected chi connectivity index (χ4v) is 3.50. The van der Waals surface area contributed by atoms with Gasteiger partial charge in [-0.05, 0) is 32.9 Å². The quantitative estimate of drug-likeness (QED) is 0.863. The molecule has 25 heavy (non-hydrogen) atoms. The highest BCUT2D eigenvalue weighted by molar-refractivity contribution is 5.94. The van der Waals surface area contributed by atoms with Crippen molar-refractivity contribution in [2.75, 3.05) is 36.4 Å². The van der Waals surface area contributed by atoms with Crippen molar-refractivity contribution in [3.8, 4) is 0 Å². The number of carbonyl (C=O) groups is 1. The number of amides is 1. The summed E-state index contributed by atoms with van der Waals surface area (Å²) in [5.74, 6) is 0.0716. The summed E-state index contributed by atoms with van der Waals surface area (Å²) in [6.07, 6.45) is 0. The van der Waals surface area contributed by atoms with E-state index >= 15 is 0 Å². The third-order valence-corrected chi connectivity index (χ3v) is 5.29. The molecule has 2 N–H and O–H groups in total. The number of para-hydroxylation sites is 1. The average molecular weight is 342 g/mol. The number of aryl methyl sites for hydroxylation is 2. The monoisotopic (exact) mass is 342 g/mol. The summed E-state index contributed by atoms with van der Waals surface area (Å²) in [6.45, 7) is 9.81. The van der Waals surface area contributed by atoms with Gasteiger partial charge in [-0.3, -0.25) is 9.48 Å². The molecular weight excluding hydrogens is 314 g/mol. The highest BCUT2D eigenvalue weighted by Gasteiger charge is 2.30. The zero-order valence-corrected chi connectivity index (χ0v) is 15.5. The van der Waals surface area contributed by atoms with Crippen molar-refractivity contribution < 1.29 is 9.69 Å². The van der Waals surface area contributed by atoms with Crippen LogP contribution >= 0.6 is 0 Å². The molecule has 1 aromatic heterocycles. The SMILES string of the molecule is Cc1nn(C)c(C)c1NC(=O)[C@@H](C)[NH+]1CCN(c2ccccc2)CC1. The average Bonchev–Trinajstić information content (AvgIpc) is 2.88. The summed E-state index contributed by atoms with van der Waals surface area (Å²) in [6, 6.07) is 10.4. The lowest BCUT2D eigenvalue weighted by atomic mass is 10.2. The van der Waals surface area contributed by atoms with Gasteiger partial charge in [-0.1, -0.05) is 18.2 Å². The Kier molecular flexibility index (Phi) is 5.08. The normalized spacial score (nSPS) is 16.7. The number of nitrogens with one attached hydrogen (secondary N) is 2. The van der Waals surface area contributed by atoms with Crippen LogP contribution in [0.1, 0.15) is 18.3 Å². The van der Waals surface area contributed by atoms with Crippen LogP contribution in [0.2, 0.25) is 0 Å². The zero-order valence-electron chi connectivity index (χ0n) is 15.5. The summed E-state index contributed by atoms with van der Waals surface area (Å²) < 4.78 is 1.81. The third-order valence-electron chi connectivity index (χ3n) is 5.29. The van der Waals surface area contributed by atoms with Crippen LogP contribution in [0.15, 0.2) is 30.3 Å². The summed E-state index contributed by atoms with van der Waals surface area (Å²) in [7, 11) is 1.90. The lowest BCUT2D eigenvalue weighted by Crippen LogP contribution is -3.19. The molecule has 3 rings (SSSR count). The maximum atomic E-state index is 12.7. The summed E-state index contributed by atoms with van der Waals surface area (Å²) in [5, 5.41) is 7.45. The lowest BCUT2D eigenvalue weighted by molar-refractivity contribution is -0.914. The molecule has 1 fully saturated rings. The minimum absolute atomic E-state index is 0.0716. The number of anilines is 2. The minimum atomic E-state index is -0.0723. The second kappa shape index (κ2) is 7.27. The van der Waals surface area contributed by atoms with Gasteiger partial charge < -0.3 is 15.1 Å². The van der Waals surface area contributed by atoms with Crippen LogP contribution in [0.25, 0.3) is 0 Å². The Morgan fingerprint density at radius 3 is 2.40 bits per heavy atom. The molecule has 6 nitrogen and oxygen atoms in total. The smallest absolute Gasteiger partial charge is 0.282 e. The zero-order chi connectivity index (χ0) is 18.0. The highest BCUT2D eigenvalue weighted by atomic mass is 16.2. The topological polar surface area (TPSA) is 54.6 Å². The van der Waals surface area contributed by atoms with Crippen LogP contribution in [0.3, 0.4) is 0 Å². The van der Waals surface area contributed by atoms with Gasteiger partial charge >= 0.3 is 0 Å². The van der Waals surface area contributed by atoms with Gasteiger partial charge in [-0.25, -0.2) is 0 Å². The molecular formula is C19H28N5O+. The number of benzene rings is 1. The van der Waals surface area contributed by atoms with E-state index in [1.807, 2.05) is 33.9 Å². The van der Waals surface area contributed by atoms with Gasteiger partial charge in [0.05, 0.1) is 43.3 Å². The number of nitrogens with zero attached hydrogens (tertiary/aromatic N) is 3. The van der Waals surface area contributed by atoms with Crippen molar-refractivity contribution in [2.45, 2.75) is 26.8 Å². The number of piperazine rings is 1. The van der Waals surface area contributed by atoms with Gasteiger partial charge in [0.1, 0.15) is 0 Å².